The van der Waals surface area contributed by atoms with Gasteiger partial charge in [0, 0.05) is 11.1 Å². The smallest absolute Gasteiger partial charge is 0.336 e. The summed E-state index contributed by atoms with van der Waals surface area (Å²) in [7, 11) is 0. The average Bonchev–Trinajstić information content (AvgIpc) is 2.47. The molecule has 0 fully saturated rings. The molecule has 2 rings (SSSR count). The Morgan fingerprint density at radius 3 is 2.38 bits per heavy atom. The molecule has 0 saturated carbocycles. The van der Waals surface area contributed by atoms with Gasteiger partial charge in [0.1, 0.15) is 0 Å². The van der Waals surface area contributed by atoms with Crippen LogP contribution in [0.15, 0.2) is 55.1 Å². The van der Waals surface area contributed by atoms with E-state index >= 15 is 0 Å². The van der Waals surface area contributed by atoms with Crippen LogP contribution >= 0.6 is 0 Å². The molecule has 0 aliphatic carbocycles. The molecule has 0 saturated heterocycles. The third-order valence-electron chi connectivity index (χ3n) is 3.29. The van der Waals surface area contributed by atoms with Gasteiger partial charge in [0.15, 0.2) is 5.78 Å². The second-order valence-electron chi connectivity index (χ2n) is 4.83. The van der Waals surface area contributed by atoms with E-state index in [4.69, 9.17) is 0 Å². The summed E-state index contributed by atoms with van der Waals surface area (Å²) < 4.78 is 0. The number of hydrogen-bond donors (Lipinski definition) is 1. The van der Waals surface area contributed by atoms with Crippen LogP contribution in [-0.2, 0) is 6.42 Å². The fraction of sp³-hybridized carbons (Fsp3) is 0.111. The van der Waals surface area contributed by atoms with Gasteiger partial charge in [-0.25, -0.2) is 4.79 Å². The highest BCUT2D eigenvalue weighted by Crippen LogP contribution is 2.21. The number of rotatable bonds is 5. The lowest BCUT2D eigenvalue weighted by Crippen LogP contribution is -2.13. The van der Waals surface area contributed by atoms with Crippen molar-refractivity contribution in [3.05, 3.63) is 82.9 Å². The van der Waals surface area contributed by atoms with Gasteiger partial charge in [-0.15, -0.1) is 6.58 Å². The molecule has 1 N–H and O–H groups in total. The van der Waals surface area contributed by atoms with Gasteiger partial charge in [-0.3, -0.25) is 4.79 Å². The zero-order chi connectivity index (χ0) is 15.4. The summed E-state index contributed by atoms with van der Waals surface area (Å²) in [4.78, 5) is 24.1. The van der Waals surface area contributed by atoms with Crippen molar-refractivity contribution in [2.24, 2.45) is 0 Å². The number of carbonyl (C=O) groups excluding carboxylic acids is 1. The number of carboxylic acids is 1. The van der Waals surface area contributed by atoms with Crippen molar-refractivity contribution in [1.29, 1.82) is 0 Å². The van der Waals surface area contributed by atoms with E-state index in [1.807, 2.05) is 19.1 Å². The Hall–Kier alpha value is -2.68. The molecular formula is C18H16O3. The Bertz CT molecular complexity index is 697. The predicted molar refractivity (Wildman–Crippen MR) is 81.9 cm³/mol. The fourth-order valence-corrected chi connectivity index (χ4v) is 2.22. The normalized spacial score (nSPS) is 10.1. The van der Waals surface area contributed by atoms with Crippen LogP contribution in [0.1, 0.15) is 37.4 Å². The van der Waals surface area contributed by atoms with Crippen molar-refractivity contribution < 1.29 is 14.7 Å². The second-order valence-corrected chi connectivity index (χ2v) is 4.83. The van der Waals surface area contributed by atoms with Crippen LogP contribution in [0.4, 0.5) is 0 Å². The first-order chi connectivity index (χ1) is 10.0. The Balaban J connectivity index is 2.59. The molecule has 0 amide bonds. The van der Waals surface area contributed by atoms with Gasteiger partial charge in [0.25, 0.3) is 0 Å². The highest BCUT2D eigenvalue weighted by atomic mass is 16.4. The van der Waals surface area contributed by atoms with Gasteiger partial charge in [-0.2, -0.15) is 0 Å². The first-order valence-corrected chi connectivity index (χ1v) is 6.62. The number of hydrogen-bond acceptors (Lipinski definition) is 2. The van der Waals surface area contributed by atoms with Crippen LogP contribution in [-0.4, -0.2) is 16.9 Å². The number of ketones is 1. The minimum absolute atomic E-state index is 0.0277. The molecule has 3 nitrogen and oxygen atoms in total. The minimum Gasteiger partial charge on any atom is -0.478 e. The standard InChI is InChI=1S/C18H16O3/c1-3-5-13-6-4-7-15(18(20)21)16(13)17(19)14-10-8-12(2)9-11-14/h3-4,6-11H,1,5H2,2H3,(H,20,21). The summed E-state index contributed by atoms with van der Waals surface area (Å²) >= 11 is 0. The molecule has 2 aromatic rings. The predicted octanol–water partition coefficient (Wildman–Crippen LogP) is 3.65. The van der Waals surface area contributed by atoms with Gasteiger partial charge >= 0.3 is 5.97 Å². The van der Waals surface area contributed by atoms with Crippen LogP contribution in [0.2, 0.25) is 0 Å². The Kier molecular flexibility index (Phi) is 4.33. The molecule has 3 heteroatoms. The van der Waals surface area contributed by atoms with Crippen molar-refractivity contribution in [3.63, 3.8) is 0 Å². The lowest BCUT2D eigenvalue weighted by molar-refractivity contribution is 0.0692. The molecule has 0 heterocycles. The van der Waals surface area contributed by atoms with Gasteiger partial charge < -0.3 is 5.11 Å². The molecule has 2 aromatic carbocycles. The summed E-state index contributed by atoms with van der Waals surface area (Å²) in [6.45, 7) is 5.59. The SMILES string of the molecule is C=CCc1cccc(C(=O)O)c1C(=O)c1ccc(C)cc1. The molecule has 106 valence electrons. The van der Waals surface area contributed by atoms with Crippen LogP contribution in [0, 0.1) is 6.92 Å². The monoisotopic (exact) mass is 280 g/mol. The third kappa shape index (κ3) is 3.08. The second kappa shape index (κ2) is 6.18. The zero-order valence-electron chi connectivity index (χ0n) is 11.8. The minimum atomic E-state index is -1.10. The number of carbonyl (C=O) groups is 2. The van der Waals surface area contributed by atoms with E-state index in [1.54, 1.807) is 30.3 Å². The van der Waals surface area contributed by atoms with Crippen LogP contribution in [0.3, 0.4) is 0 Å². The molecule has 0 bridgehead atoms. The quantitative estimate of drug-likeness (QED) is 0.672. The topological polar surface area (TPSA) is 54.4 Å². The van der Waals surface area contributed by atoms with Crippen LogP contribution < -0.4 is 0 Å². The molecule has 0 aliphatic heterocycles. The third-order valence-corrected chi connectivity index (χ3v) is 3.29. The lowest BCUT2D eigenvalue weighted by atomic mass is 9.92. The molecule has 0 radical (unpaired) electrons. The maximum atomic E-state index is 12.7. The van der Waals surface area contributed by atoms with Crippen LogP contribution in [0.25, 0.3) is 0 Å². The number of allylic oxidation sites excluding steroid dienone is 1. The fourth-order valence-electron chi connectivity index (χ4n) is 2.22. The summed E-state index contributed by atoms with van der Waals surface area (Å²) in [5.41, 5.74) is 2.48. The lowest BCUT2D eigenvalue weighted by Gasteiger charge is -2.11. The van der Waals surface area contributed by atoms with E-state index in [0.717, 1.165) is 5.56 Å². The molecule has 0 aliphatic rings. The summed E-state index contributed by atoms with van der Waals surface area (Å²) in [6.07, 6.45) is 2.11. The highest BCUT2D eigenvalue weighted by molar-refractivity contribution is 6.15. The first-order valence-electron chi connectivity index (χ1n) is 6.62. The Labute approximate surface area is 123 Å². The number of benzene rings is 2. The Morgan fingerprint density at radius 2 is 1.81 bits per heavy atom. The van der Waals surface area contributed by atoms with E-state index in [-0.39, 0.29) is 16.9 Å². The summed E-state index contributed by atoms with van der Waals surface area (Å²) in [5, 5.41) is 9.32. The maximum absolute atomic E-state index is 12.7. The largest absolute Gasteiger partial charge is 0.478 e. The van der Waals surface area contributed by atoms with Crippen molar-refractivity contribution in [2.45, 2.75) is 13.3 Å². The van der Waals surface area contributed by atoms with E-state index in [2.05, 4.69) is 6.58 Å². The van der Waals surface area contributed by atoms with E-state index in [1.165, 1.54) is 6.07 Å². The van der Waals surface area contributed by atoms with E-state index in [0.29, 0.717) is 17.5 Å². The summed E-state index contributed by atoms with van der Waals surface area (Å²) in [6, 6.07) is 12.0. The van der Waals surface area contributed by atoms with Crippen molar-refractivity contribution >= 4 is 11.8 Å². The molecule has 0 atom stereocenters. The number of aromatic carboxylic acids is 1. The molecular weight excluding hydrogens is 264 g/mol. The van der Waals surface area contributed by atoms with Crippen molar-refractivity contribution in [2.75, 3.05) is 0 Å². The van der Waals surface area contributed by atoms with Crippen molar-refractivity contribution in [1.82, 2.24) is 0 Å². The number of carboxylic acid groups (broad SMARTS) is 1. The van der Waals surface area contributed by atoms with Gasteiger partial charge in [0.05, 0.1) is 5.56 Å². The molecule has 0 aromatic heterocycles. The average molecular weight is 280 g/mol. The summed E-state index contributed by atoms with van der Waals surface area (Å²) in [5.74, 6) is -1.37. The van der Waals surface area contributed by atoms with Gasteiger partial charge in [-0.05, 0) is 25.0 Å². The van der Waals surface area contributed by atoms with Gasteiger partial charge in [0.2, 0.25) is 0 Å². The zero-order valence-corrected chi connectivity index (χ0v) is 11.8. The van der Waals surface area contributed by atoms with Crippen molar-refractivity contribution in [3.8, 4) is 0 Å². The highest BCUT2D eigenvalue weighted by Gasteiger charge is 2.20. The maximum Gasteiger partial charge on any atom is 0.336 e. The van der Waals surface area contributed by atoms with Gasteiger partial charge in [-0.1, -0.05) is 48.0 Å². The molecule has 0 spiro atoms. The number of aryl methyl sites for hydroxylation is 1. The van der Waals surface area contributed by atoms with Crippen LogP contribution in [0.5, 0.6) is 0 Å². The Morgan fingerprint density at radius 1 is 1.14 bits per heavy atom. The van der Waals surface area contributed by atoms with E-state index in [9.17, 15) is 14.7 Å². The van der Waals surface area contributed by atoms with E-state index < -0.39 is 5.97 Å². The molecule has 21 heavy (non-hydrogen) atoms. The molecule has 0 unspecified atom stereocenters. The first kappa shape index (κ1) is 14.7.